The van der Waals surface area contributed by atoms with Crippen molar-refractivity contribution in [2.45, 2.75) is 79.6 Å². The highest BCUT2D eigenvalue weighted by atomic mass is 16.7. The van der Waals surface area contributed by atoms with Crippen LogP contribution in [0, 0.1) is 11.8 Å². The van der Waals surface area contributed by atoms with Gasteiger partial charge in [-0.2, -0.15) is 0 Å². The summed E-state index contributed by atoms with van der Waals surface area (Å²) < 4.78 is 35.8. The van der Waals surface area contributed by atoms with Crippen LogP contribution in [-0.2, 0) is 34.9 Å². The maximum Gasteiger partial charge on any atom is 0.513 e. The van der Waals surface area contributed by atoms with Crippen molar-refractivity contribution >= 4 is 24.4 Å². The highest BCUT2D eigenvalue weighted by molar-refractivity contribution is 5.76. The van der Waals surface area contributed by atoms with Gasteiger partial charge in [-0.1, -0.05) is 40.7 Å². The molecule has 0 saturated carbocycles. The predicted octanol–water partition coefficient (Wildman–Crippen LogP) is 4.78. The number of rotatable bonds is 14. The third-order valence-electron chi connectivity index (χ3n) is 4.89. The molecule has 0 aromatic heterocycles. The molecular weight excluding hydrogens is 514 g/mol. The molecule has 12 nitrogen and oxygen atoms in total. The summed E-state index contributed by atoms with van der Waals surface area (Å²) in [6.07, 6.45) is -3.74. The third-order valence-corrected chi connectivity index (χ3v) is 4.89. The molecule has 0 aliphatic heterocycles. The average Bonchev–Trinajstić information content (AvgIpc) is 2.86. The van der Waals surface area contributed by atoms with Crippen molar-refractivity contribution in [3.05, 3.63) is 23.8 Å². The molecule has 0 unspecified atom stereocenters. The molecule has 3 atom stereocenters. The molecule has 2 N–H and O–H groups in total. The molecule has 1 aromatic rings. The van der Waals surface area contributed by atoms with E-state index < -0.39 is 42.7 Å². The molecular formula is C27H41NO11. The molecule has 220 valence electrons. The number of carbonyl (C=O) groups is 4. The van der Waals surface area contributed by atoms with Crippen LogP contribution in [0.5, 0.6) is 11.5 Å². The highest BCUT2D eigenvalue weighted by Crippen LogP contribution is 2.30. The molecule has 0 aliphatic rings. The lowest BCUT2D eigenvalue weighted by molar-refractivity contribution is -0.155. The lowest BCUT2D eigenvalue weighted by Crippen LogP contribution is -2.39. The molecule has 12 heteroatoms. The number of hydrogen-bond acceptors (Lipinski definition) is 12. The Morgan fingerprint density at radius 2 is 1.28 bits per heavy atom. The fourth-order valence-corrected chi connectivity index (χ4v) is 2.72. The summed E-state index contributed by atoms with van der Waals surface area (Å²) >= 11 is 0. The number of esters is 1. The van der Waals surface area contributed by atoms with Crippen molar-refractivity contribution in [1.82, 2.24) is 0 Å². The van der Waals surface area contributed by atoms with Crippen LogP contribution >= 0.6 is 0 Å². The SMILES string of the molecule is CCCOC(=O)O[C@@H](C)[C@H](C)OC(=O)[C@@H](N)Cc1ccc(OC(=O)OCC(C)C)c(OC(=O)OCC(C)C)c1. The minimum atomic E-state index is -1.10. The van der Waals surface area contributed by atoms with E-state index in [1.807, 2.05) is 34.6 Å². The van der Waals surface area contributed by atoms with Gasteiger partial charge in [0.2, 0.25) is 0 Å². The zero-order valence-electron chi connectivity index (χ0n) is 23.7. The zero-order chi connectivity index (χ0) is 29.5. The van der Waals surface area contributed by atoms with Gasteiger partial charge in [0, 0.05) is 0 Å². The summed E-state index contributed by atoms with van der Waals surface area (Å²) in [6.45, 7) is 12.9. The van der Waals surface area contributed by atoms with Gasteiger partial charge in [0.25, 0.3) is 0 Å². The summed E-state index contributed by atoms with van der Waals surface area (Å²) in [5.74, 6) is -0.776. The maximum absolute atomic E-state index is 12.6. The monoisotopic (exact) mass is 555 g/mol. The minimum Gasteiger partial charge on any atom is -0.458 e. The predicted molar refractivity (Wildman–Crippen MR) is 139 cm³/mol. The van der Waals surface area contributed by atoms with Crippen LogP contribution in [0.25, 0.3) is 0 Å². The lowest BCUT2D eigenvalue weighted by atomic mass is 10.1. The molecule has 0 aliphatic carbocycles. The number of benzene rings is 1. The molecule has 0 spiro atoms. The Bertz CT molecular complexity index is 948. The second kappa shape index (κ2) is 17.1. The summed E-state index contributed by atoms with van der Waals surface area (Å²) in [4.78, 5) is 48.4. The Kier molecular flexibility index (Phi) is 14.7. The molecule has 0 radical (unpaired) electrons. The maximum atomic E-state index is 12.6. The van der Waals surface area contributed by atoms with Gasteiger partial charge in [-0.3, -0.25) is 4.79 Å². The molecule has 0 bridgehead atoms. The number of nitrogens with two attached hydrogens (primary N) is 1. The molecule has 0 saturated heterocycles. The van der Waals surface area contributed by atoms with Crippen LogP contribution in [0.1, 0.15) is 60.5 Å². The fraction of sp³-hybridized carbons (Fsp3) is 0.630. The van der Waals surface area contributed by atoms with Gasteiger partial charge in [-0.05, 0) is 56.2 Å². The van der Waals surface area contributed by atoms with E-state index in [4.69, 9.17) is 38.9 Å². The minimum absolute atomic E-state index is 0.00515. The number of hydrogen-bond donors (Lipinski definition) is 1. The lowest BCUT2D eigenvalue weighted by Gasteiger charge is -2.22. The highest BCUT2D eigenvalue weighted by Gasteiger charge is 2.25. The molecule has 39 heavy (non-hydrogen) atoms. The van der Waals surface area contributed by atoms with Crippen LogP contribution in [0.4, 0.5) is 14.4 Å². The second-order valence-corrected chi connectivity index (χ2v) is 9.77. The molecule has 0 fully saturated rings. The fourth-order valence-electron chi connectivity index (χ4n) is 2.72. The van der Waals surface area contributed by atoms with Crippen molar-refractivity contribution in [1.29, 1.82) is 0 Å². The van der Waals surface area contributed by atoms with Gasteiger partial charge < -0.3 is 38.9 Å². The zero-order valence-corrected chi connectivity index (χ0v) is 23.7. The first-order chi connectivity index (χ1) is 18.3. The van der Waals surface area contributed by atoms with Crippen molar-refractivity contribution < 1.29 is 52.3 Å². The Morgan fingerprint density at radius 3 is 1.82 bits per heavy atom. The van der Waals surface area contributed by atoms with Gasteiger partial charge in [0.1, 0.15) is 18.2 Å². The van der Waals surface area contributed by atoms with E-state index in [0.29, 0.717) is 12.0 Å². The van der Waals surface area contributed by atoms with E-state index >= 15 is 0 Å². The summed E-state index contributed by atoms with van der Waals surface area (Å²) in [5.41, 5.74) is 6.52. The van der Waals surface area contributed by atoms with Crippen molar-refractivity contribution in [3.63, 3.8) is 0 Å². The van der Waals surface area contributed by atoms with Crippen molar-refractivity contribution in [2.24, 2.45) is 17.6 Å². The van der Waals surface area contributed by atoms with Gasteiger partial charge in [0.05, 0.1) is 19.8 Å². The van der Waals surface area contributed by atoms with Gasteiger partial charge in [0.15, 0.2) is 11.5 Å². The first-order valence-corrected chi connectivity index (χ1v) is 12.9. The van der Waals surface area contributed by atoms with Crippen LogP contribution in [0.3, 0.4) is 0 Å². The molecule has 0 heterocycles. The second-order valence-electron chi connectivity index (χ2n) is 9.77. The smallest absolute Gasteiger partial charge is 0.458 e. The first kappa shape index (κ1) is 33.5. The molecule has 1 aromatic carbocycles. The summed E-state index contributed by atoms with van der Waals surface area (Å²) in [5, 5.41) is 0. The van der Waals surface area contributed by atoms with E-state index in [2.05, 4.69) is 0 Å². The van der Waals surface area contributed by atoms with E-state index in [9.17, 15) is 19.2 Å². The van der Waals surface area contributed by atoms with E-state index in [1.54, 1.807) is 19.9 Å². The van der Waals surface area contributed by atoms with Crippen molar-refractivity contribution in [3.8, 4) is 11.5 Å². The van der Waals surface area contributed by atoms with E-state index in [-0.39, 0.29) is 49.6 Å². The number of carbonyl (C=O) groups excluding carboxylic acids is 4. The number of ether oxygens (including phenoxy) is 7. The normalized spacial score (nSPS) is 13.2. The van der Waals surface area contributed by atoms with Gasteiger partial charge in [-0.15, -0.1) is 0 Å². The Labute approximate surface area is 229 Å². The quantitative estimate of drug-likeness (QED) is 0.190. The average molecular weight is 556 g/mol. The van der Waals surface area contributed by atoms with Crippen LogP contribution in [0.2, 0.25) is 0 Å². The van der Waals surface area contributed by atoms with E-state index in [1.165, 1.54) is 12.1 Å². The van der Waals surface area contributed by atoms with Crippen LogP contribution < -0.4 is 15.2 Å². The molecule has 1 rings (SSSR count). The first-order valence-electron chi connectivity index (χ1n) is 12.9. The largest absolute Gasteiger partial charge is 0.513 e. The van der Waals surface area contributed by atoms with Crippen LogP contribution in [-0.4, -0.2) is 62.5 Å². The third kappa shape index (κ3) is 13.7. The van der Waals surface area contributed by atoms with E-state index in [0.717, 1.165) is 0 Å². The van der Waals surface area contributed by atoms with Gasteiger partial charge in [-0.25, -0.2) is 14.4 Å². The Morgan fingerprint density at radius 1 is 0.744 bits per heavy atom. The van der Waals surface area contributed by atoms with Crippen LogP contribution in [0.15, 0.2) is 18.2 Å². The topological polar surface area (TPSA) is 159 Å². The van der Waals surface area contributed by atoms with Gasteiger partial charge >= 0.3 is 24.4 Å². The summed E-state index contributed by atoms with van der Waals surface area (Å²) in [6, 6.07) is 3.22. The van der Waals surface area contributed by atoms with Crippen molar-refractivity contribution in [2.75, 3.05) is 19.8 Å². The molecule has 0 amide bonds. The summed E-state index contributed by atoms with van der Waals surface area (Å²) in [7, 11) is 0. The standard InChI is InChI=1S/C27H41NO11/c1-8-11-33-25(30)37-19(7)18(6)36-24(29)21(28)12-20-9-10-22(38-26(31)34-14-16(2)3)23(13-20)39-27(32)35-15-17(4)5/h9-10,13,16-19,21H,8,11-12,14-15,28H2,1-7H3/t18-,19-,21-/m0/s1. The Hall–Kier alpha value is -3.54. The Balaban J connectivity index is 2.90.